The zero-order valence-corrected chi connectivity index (χ0v) is 15.7. The molecule has 0 unspecified atom stereocenters. The third kappa shape index (κ3) is 3.38. The van der Waals surface area contributed by atoms with E-state index in [1.165, 1.54) is 11.1 Å². The topological polar surface area (TPSA) is 0 Å². The largest absolute Gasteiger partial charge is 0.150 e. The second-order valence-electron chi connectivity index (χ2n) is 4.85. The molecule has 0 nitrogen and oxygen atoms in total. The minimum absolute atomic E-state index is 1.07. The lowest BCUT2D eigenvalue weighted by atomic mass is 10.0. The Kier molecular flexibility index (Phi) is 4.64. The number of hydrogen-bond acceptors (Lipinski definition) is 4. The maximum Gasteiger partial charge on any atom is 0.0772 e. The van der Waals surface area contributed by atoms with Gasteiger partial charge in [-0.25, -0.2) is 0 Å². The van der Waals surface area contributed by atoms with Gasteiger partial charge < -0.3 is 0 Å². The summed E-state index contributed by atoms with van der Waals surface area (Å²) in [6.45, 7) is 0. The Bertz CT molecular complexity index is 964. The van der Waals surface area contributed by atoms with Crippen LogP contribution in [0.15, 0.2) is 56.5 Å². The molecule has 4 heterocycles. The molecule has 0 radical (unpaired) electrons. The fourth-order valence-electron chi connectivity index (χ4n) is 2.16. The molecule has 0 aromatic carbocycles. The van der Waals surface area contributed by atoms with E-state index in [9.17, 15) is 0 Å². The first-order valence-corrected chi connectivity index (χ1v) is 10.8. The second-order valence-corrected chi connectivity index (χ2v) is 8.24. The summed E-state index contributed by atoms with van der Waals surface area (Å²) >= 11 is 6.71. The molecule has 0 spiro atoms. The van der Waals surface area contributed by atoms with E-state index in [0.717, 1.165) is 20.9 Å². The Morgan fingerprint density at radius 1 is 0.583 bits per heavy atom. The average Bonchev–Trinajstić information content (AvgIpc) is 3.40. The normalized spacial score (nSPS) is 9.83. The van der Waals surface area contributed by atoms with Crippen LogP contribution in [0.3, 0.4) is 0 Å². The van der Waals surface area contributed by atoms with Crippen molar-refractivity contribution in [2.24, 2.45) is 0 Å². The van der Waals surface area contributed by atoms with E-state index in [1.807, 2.05) is 24.3 Å². The fraction of sp³-hybridized carbons (Fsp3) is 0. The van der Waals surface area contributed by atoms with Crippen molar-refractivity contribution in [2.75, 3.05) is 0 Å². The van der Waals surface area contributed by atoms with Crippen LogP contribution in [0.2, 0.25) is 0 Å². The summed E-state index contributed by atoms with van der Waals surface area (Å²) in [4.78, 5) is 2.19. The minimum Gasteiger partial charge on any atom is -0.150 e. The molecule has 0 fully saturated rings. The highest BCUT2D eigenvalue weighted by Crippen LogP contribution is 2.32. The first-order valence-electron chi connectivity index (χ1n) is 7.14. The Hall–Kier alpha value is -2.08. The van der Waals surface area contributed by atoms with Crippen LogP contribution in [0.4, 0.5) is 0 Å². The van der Waals surface area contributed by atoms with Crippen molar-refractivity contribution in [3.63, 3.8) is 0 Å². The summed E-state index contributed by atoms with van der Waals surface area (Å²) in [5.74, 6) is 13.1. The predicted octanol–water partition coefficient (Wildman–Crippen LogP) is 6.40. The summed E-state index contributed by atoms with van der Waals surface area (Å²) in [5, 5.41) is 12.7. The first-order chi connectivity index (χ1) is 11.9. The van der Waals surface area contributed by atoms with Crippen molar-refractivity contribution >= 4 is 45.3 Å². The van der Waals surface area contributed by atoms with Crippen LogP contribution in [-0.2, 0) is 0 Å². The molecule has 0 amide bonds. The summed E-state index contributed by atoms with van der Waals surface area (Å²) < 4.78 is 0. The van der Waals surface area contributed by atoms with Crippen molar-refractivity contribution in [1.82, 2.24) is 0 Å². The molecule has 0 atom stereocenters. The molecule has 24 heavy (non-hydrogen) atoms. The Morgan fingerprint density at radius 3 is 1.50 bits per heavy atom. The van der Waals surface area contributed by atoms with E-state index >= 15 is 0 Å². The highest BCUT2D eigenvalue weighted by atomic mass is 32.1. The maximum atomic E-state index is 3.31. The van der Waals surface area contributed by atoms with Gasteiger partial charge in [0.1, 0.15) is 0 Å². The third-order valence-electron chi connectivity index (χ3n) is 3.30. The second kappa shape index (κ2) is 7.21. The van der Waals surface area contributed by atoms with Gasteiger partial charge in [-0.1, -0.05) is 35.8 Å². The van der Waals surface area contributed by atoms with Crippen LogP contribution >= 0.6 is 45.3 Å². The zero-order valence-electron chi connectivity index (χ0n) is 12.4. The summed E-state index contributed by atoms with van der Waals surface area (Å²) in [6.07, 6.45) is 0. The molecule has 0 aliphatic carbocycles. The molecule has 4 heteroatoms. The van der Waals surface area contributed by atoms with E-state index in [0.29, 0.717) is 0 Å². The molecule has 114 valence electrons. The molecular weight excluding hydrogens is 368 g/mol. The van der Waals surface area contributed by atoms with Crippen molar-refractivity contribution < 1.29 is 0 Å². The molecule has 0 saturated carbocycles. The molecule has 0 aliphatic rings. The molecule has 4 aromatic heterocycles. The molecule has 4 aromatic rings. The quantitative estimate of drug-likeness (QED) is 0.336. The SMILES string of the molecule is C(#Cc1cscc1-c1cscc1C#Cc1cccs1)c1cccs1. The number of thiophene rings is 4. The lowest BCUT2D eigenvalue weighted by molar-refractivity contribution is 1.72. The van der Waals surface area contributed by atoms with E-state index in [1.54, 1.807) is 45.3 Å². The van der Waals surface area contributed by atoms with Gasteiger partial charge in [-0.05, 0) is 33.7 Å². The average molecular weight is 379 g/mol. The molecule has 0 aliphatic heterocycles. The Labute approximate surface area is 157 Å². The van der Waals surface area contributed by atoms with Gasteiger partial charge >= 0.3 is 0 Å². The van der Waals surface area contributed by atoms with Crippen LogP contribution in [-0.4, -0.2) is 0 Å². The van der Waals surface area contributed by atoms with E-state index in [-0.39, 0.29) is 0 Å². The van der Waals surface area contributed by atoms with Crippen molar-refractivity contribution in [3.8, 4) is 34.8 Å². The van der Waals surface area contributed by atoms with Gasteiger partial charge in [0.2, 0.25) is 0 Å². The smallest absolute Gasteiger partial charge is 0.0772 e. The molecule has 0 bridgehead atoms. The maximum absolute atomic E-state index is 3.31. The van der Waals surface area contributed by atoms with E-state index < -0.39 is 0 Å². The van der Waals surface area contributed by atoms with Crippen LogP contribution < -0.4 is 0 Å². The summed E-state index contributed by atoms with van der Waals surface area (Å²) in [6, 6.07) is 8.15. The summed E-state index contributed by atoms with van der Waals surface area (Å²) in [5.41, 5.74) is 4.51. The van der Waals surface area contributed by atoms with Gasteiger partial charge in [-0.3, -0.25) is 0 Å². The van der Waals surface area contributed by atoms with E-state index in [2.05, 4.69) is 56.0 Å². The van der Waals surface area contributed by atoms with E-state index in [4.69, 9.17) is 0 Å². The standard InChI is InChI=1S/C20H10S4/c1-3-17(23-9-1)7-5-15-11-21-13-19(15)20-14-22-12-16(20)6-8-18-4-2-10-24-18/h1-4,9-14H. The third-order valence-corrected chi connectivity index (χ3v) is 6.35. The first kappa shape index (κ1) is 15.4. The molecule has 0 N–H and O–H groups in total. The van der Waals surface area contributed by atoms with Crippen molar-refractivity contribution in [2.45, 2.75) is 0 Å². The lowest BCUT2D eigenvalue weighted by Crippen LogP contribution is -1.80. The fourth-order valence-corrected chi connectivity index (χ4v) is 4.86. The van der Waals surface area contributed by atoms with Gasteiger partial charge in [0, 0.05) is 33.0 Å². The predicted molar refractivity (Wildman–Crippen MR) is 108 cm³/mol. The highest BCUT2D eigenvalue weighted by Gasteiger charge is 2.09. The molecular formula is C20H10S4. The van der Waals surface area contributed by atoms with Crippen molar-refractivity contribution in [3.05, 3.63) is 77.4 Å². The lowest BCUT2D eigenvalue weighted by Gasteiger charge is -1.97. The molecule has 4 rings (SSSR count). The van der Waals surface area contributed by atoms with Gasteiger partial charge in [-0.15, -0.1) is 22.7 Å². The minimum atomic E-state index is 1.07. The van der Waals surface area contributed by atoms with Crippen molar-refractivity contribution in [1.29, 1.82) is 0 Å². The molecule has 0 saturated heterocycles. The summed E-state index contributed by atoms with van der Waals surface area (Å²) in [7, 11) is 0. The highest BCUT2D eigenvalue weighted by molar-refractivity contribution is 7.11. The number of rotatable bonds is 1. The Balaban J connectivity index is 1.69. The van der Waals surface area contributed by atoms with Gasteiger partial charge in [-0.2, -0.15) is 22.7 Å². The van der Waals surface area contributed by atoms with Gasteiger partial charge in [0.25, 0.3) is 0 Å². The Morgan fingerprint density at radius 2 is 1.08 bits per heavy atom. The van der Waals surface area contributed by atoms with Crippen LogP contribution in [0.1, 0.15) is 20.9 Å². The zero-order chi connectivity index (χ0) is 16.2. The van der Waals surface area contributed by atoms with Gasteiger partial charge in [0.05, 0.1) is 9.75 Å². The van der Waals surface area contributed by atoms with Crippen LogP contribution in [0.25, 0.3) is 11.1 Å². The van der Waals surface area contributed by atoms with Crippen LogP contribution in [0.5, 0.6) is 0 Å². The monoisotopic (exact) mass is 378 g/mol. The van der Waals surface area contributed by atoms with Crippen LogP contribution in [0, 0.1) is 23.7 Å². The van der Waals surface area contributed by atoms with Gasteiger partial charge in [0.15, 0.2) is 0 Å². The number of hydrogen-bond donors (Lipinski definition) is 0.